The zero-order valence-electron chi connectivity index (χ0n) is 12.2. The summed E-state index contributed by atoms with van der Waals surface area (Å²) in [4.78, 5) is 23.2. The van der Waals surface area contributed by atoms with Crippen molar-refractivity contribution in [2.24, 2.45) is 11.7 Å². The SMILES string of the molecule is CCC(C)[C@H](N)C(=O)N[C@@H](Cc1ccc(O)cc1)C(=O)O. The first kappa shape index (κ1) is 17.0. The van der Waals surface area contributed by atoms with Gasteiger partial charge in [0, 0.05) is 6.42 Å². The van der Waals surface area contributed by atoms with Crippen LogP contribution in [0.3, 0.4) is 0 Å². The molecule has 0 aliphatic rings. The highest BCUT2D eigenvalue weighted by Crippen LogP contribution is 2.12. The van der Waals surface area contributed by atoms with Crippen LogP contribution in [0.1, 0.15) is 25.8 Å². The first-order valence-electron chi connectivity index (χ1n) is 6.91. The molecule has 1 aromatic rings. The molecule has 21 heavy (non-hydrogen) atoms. The number of phenolic OH excluding ortho intramolecular Hbond substituents is 1. The maximum Gasteiger partial charge on any atom is 0.326 e. The number of aromatic hydroxyl groups is 1. The Morgan fingerprint density at radius 1 is 1.29 bits per heavy atom. The molecule has 0 bridgehead atoms. The molecule has 0 aromatic heterocycles. The number of aliphatic carboxylic acids is 1. The molecule has 0 saturated heterocycles. The predicted octanol–water partition coefficient (Wildman–Crippen LogP) is 0.877. The standard InChI is InChI=1S/C15H22N2O4/c1-3-9(2)13(16)14(19)17-12(15(20)21)8-10-4-6-11(18)7-5-10/h4-7,9,12-13,18H,3,8,16H2,1-2H3,(H,17,19)(H,20,21)/t9?,12-,13-/m0/s1. The summed E-state index contributed by atoms with van der Waals surface area (Å²) in [5.41, 5.74) is 6.50. The number of carbonyl (C=O) groups is 2. The smallest absolute Gasteiger partial charge is 0.326 e. The third-order valence-electron chi connectivity index (χ3n) is 3.55. The van der Waals surface area contributed by atoms with Crippen molar-refractivity contribution < 1.29 is 19.8 Å². The minimum atomic E-state index is -1.12. The highest BCUT2D eigenvalue weighted by atomic mass is 16.4. The molecule has 0 aliphatic carbocycles. The largest absolute Gasteiger partial charge is 0.508 e. The van der Waals surface area contributed by atoms with Gasteiger partial charge in [0.15, 0.2) is 0 Å². The van der Waals surface area contributed by atoms with Crippen molar-refractivity contribution >= 4 is 11.9 Å². The van der Waals surface area contributed by atoms with Crippen molar-refractivity contribution in [3.63, 3.8) is 0 Å². The minimum absolute atomic E-state index is 0.0203. The van der Waals surface area contributed by atoms with Gasteiger partial charge >= 0.3 is 5.97 Å². The first-order valence-corrected chi connectivity index (χ1v) is 6.91. The molecule has 1 unspecified atom stereocenters. The van der Waals surface area contributed by atoms with Gasteiger partial charge in [0.25, 0.3) is 0 Å². The van der Waals surface area contributed by atoms with Gasteiger partial charge in [-0.3, -0.25) is 4.79 Å². The first-order chi connectivity index (χ1) is 9.85. The Kier molecular flexibility index (Phi) is 6.17. The summed E-state index contributed by atoms with van der Waals surface area (Å²) in [5.74, 6) is -1.50. The fourth-order valence-corrected chi connectivity index (χ4v) is 1.85. The zero-order chi connectivity index (χ0) is 16.0. The number of carboxylic acid groups (broad SMARTS) is 1. The van der Waals surface area contributed by atoms with E-state index in [1.54, 1.807) is 12.1 Å². The Labute approximate surface area is 124 Å². The van der Waals surface area contributed by atoms with E-state index < -0.39 is 24.0 Å². The van der Waals surface area contributed by atoms with Gasteiger partial charge in [-0.05, 0) is 23.6 Å². The van der Waals surface area contributed by atoms with E-state index in [0.717, 1.165) is 6.42 Å². The van der Waals surface area contributed by atoms with Crippen LogP contribution in [0, 0.1) is 5.92 Å². The number of nitrogens with two attached hydrogens (primary N) is 1. The second kappa shape index (κ2) is 7.64. The molecule has 0 fully saturated rings. The number of rotatable bonds is 7. The Morgan fingerprint density at radius 3 is 2.33 bits per heavy atom. The minimum Gasteiger partial charge on any atom is -0.508 e. The Morgan fingerprint density at radius 2 is 1.86 bits per heavy atom. The second-order valence-corrected chi connectivity index (χ2v) is 5.18. The molecule has 0 saturated carbocycles. The second-order valence-electron chi connectivity index (χ2n) is 5.18. The van der Waals surface area contributed by atoms with Gasteiger partial charge in [0.05, 0.1) is 6.04 Å². The summed E-state index contributed by atoms with van der Waals surface area (Å²) in [7, 11) is 0. The van der Waals surface area contributed by atoms with E-state index in [0.29, 0.717) is 5.56 Å². The number of nitrogens with one attached hydrogen (secondary N) is 1. The fourth-order valence-electron chi connectivity index (χ4n) is 1.85. The van der Waals surface area contributed by atoms with E-state index in [1.165, 1.54) is 12.1 Å². The number of phenols is 1. The highest BCUT2D eigenvalue weighted by Gasteiger charge is 2.25. The molecule has 1 aromatic carbocycles. The molecule has 1 amide bonds. The molecular weight excluding hydrogens is 272 g/mol. The molecule has 0 heterocycles. The van der Waals surface area contributed by atoms with Crippen LogP contribution in [0.5, 0.6) is 5.75 Å². The van der Waals surface area contributed by atoms with Crippen LogP contribution < -0.4 is 11.1 Å². The molecule has 1 rings (SSSR count). The number of benzene rings is 1. The third kappa shape index (κ3) is 5.07. The molecule has 6 nitrogen and oxygen atoms in total. The Balaban J connectivity index is 2.72. The Hall–Kier alpha value is -2.08. The number of hydrogen-bond acceptors (Lipinski definition) is 4. The van der Waals surface area contributed by atoms with Gasteiger partial charge < -0.3 is 21.3 Å². The van der Waals surface area contributed by atoms with E-state index in [4.69, 9.17) is 5.73 Å². The van der Waals surface area contributed by atoms with Gasteiger partial charge in [-0.15, -0.1) is 0 Å². The van der Waals surface area contributed by atoms with E-state index in [9.17, 15) is 19.8 Å². The number of hydrogen-bond donors (Lipinski definition) is 4. The van der Waals surface area contributed by atoms with E-state index >= 15 is 0 Å². The molecule has 0 spiro atoms. The van der Waals surface area contributed by atoms with Crippen LogP contribution in [-0.4, -0.2) is 34.2 Å². The molecule has 6 heteroatoms. The maximum atomic E-state index is 12.0. The topological polar surface area (TPSA) is 113 Å². The summed E-state index contributed by atoms with van der Waals surface area (Å²) in [6.45, 7) is 3.77. The lowest BCUT2D eigenvalue weighted by molar-refractivity contribution is -0.142. The van der Waals surface area contributed by atoms with Crippen LogP contribution in [-0.2, 0) is 16.0 Å². The van der Waals surface area contributed by atoms with Gasteiger partial charge in [-0.1, -0.05) is 32.4 Å². The number of amides is 1. The zero-order valence-corrected chi connectivity index (χ0v) is 12.2. The van der Waals surface area contributed by atoms with Crippen LogP contribution in [0.4, 0.5) is 0 Å². The average molecular weight is 294 g/mol. The highest BCUT2D eigenvalue weighted by molar-refractivity contribution is 5.87. The lowest BCUT2D eigenvalue weighted by Crippen LogP contribution is -2.51. The van der Waals surface area contributed by atoms with Crippen LogP contribution in [0.2, 0.25) is 0 Å². The lowest BCUT2D eigenvalue weighted by atomic mass is 9.98. The summed E-state index contributed by atoms with van der Waals surface area (Å²) in [6, 6.07) is 4.41. The van der Waals surface area contributed by atoms with Crippen molar-refractivity contribution in [2.75, 3.05) is 0 Å². The van der Waals surface area contributed by atoms with Crippen LogP contribution in [0.25, 0.3) is 0 Å². The molecule has 3 atom stereocenters. The molecule has 116 valence electrons. The lowest BCUT2D eigenvalue weighted by Gasteiger charge is -2.21. The summed E-state index contributed by atoms with van der Waals surface area (Å²) in [6.07, 6.45) is 0.874. The summed E-state index contributed by atoms with van der Waals surface area (Å²) in [5, 5.41) is 20.9. The van der Waals surface area contributed by atoms with Crippen molar-refractivity contribution in [2.45, 2.75) is 38.8 Å². The quantitative estimate of drug-likeness (QED) is 0.596. The predicted molar refractivity (Wildman–Crippen MR) is 78.8 cm³/mol. The third-order valence-corrected chi connectivity index (χ3v) is 3.55. The van der Waals surface area contributed by atoms with Crippen molar-refractivity contribution in [1.82, 2.24) is 5.32 Å². The van der Waals surface area contributed by atoms with E-state index in [2.05, 4.69) is 5.32 Å². The average Bonchev–Trinajstić information content (AvgIpc) is 2.46. The maximum absolute atomic E-state index is 12.0. The van der Waals surface area contributed by atoms with Crippen LogP contribution >= 0.6 is 0 Å². The van der Waals surface area contributed by atoms with Gasteiger partial charge in [-0.25, -0.2) is 4.79 Å². The monoisotopic (exact) mass is 294 g/mol. The van der Waals surface area contributed by atoms with E-state index in [-0.39, 0.29) is 18.1 Å². The van der Waals surface area contributed by atoms with E-state index in [1.807, 2.05) is 13.8 Å². The molecular formula is C15H22N2O4. The Bertz CT molecular complexity index is 487. The number of carboxylic acids is 1. The van der Waals surface area contributed by atoms with Gasteiger partial charge in [-0.2, -0.15) is 0 Å². The summed E-state index contributed by atoms with van der Waals surface area (Å²) < 4.78 is 0. The molecule has 0 aliphatic heterocycles. The van der Waals surface area contributed by atoms with Crippen molar-refractivity contribution in [3.8, 4) is 5.75 Å². The normalized spacial score (nSPS) is 15.0. The van der Waals surface area contributed by atoms with Gasteiger partial charge in [0.1, 0.15) is 11.8 Å². The summed E-state index contributed by atoms with van der Waals surface area (Å²) >= 11 is 0. The number of carbonyl (C=O) groups excluding carboxylic acids is 1. The van der Waals surface area contributed by atoms with Crippen molar-refractivity contribution in [1.29, 1.82) is 0 Å². The van der Waals surface area contributed by atoms with Gasteiger partial charge in [0.2, 0.25) is 5.91 Å². The molecule has 0 radical (unpaired) electrons. The molecule has 5 N–H and O–H groups in total. The van der Waals surface area contributed by atoms with Crippen molar-refractivity contribution in [3.05, 3.63) is 29.8 Å². The van der Waals surface area contributed by atoms with Crippen LogP contribution in [0.15, 0.2) is 24.3 Å². The fraction of sp³-hybridized carbons (Fsp3) is 0.467.